The van der Waals surface area contributed by atoms with Gasteiger partial charge in [0.05, 0.1) is 21.6 Å². The lowest BCUT2D eigenvalue weighted by Gasteiger charge is -2.29. The summed E-state index contributed by atoms with van der Waals surface area (Å²) in [7, 11) is 0. The highest BCUT2D eigenvalue weighted by Crippen LogP contribution is 2.32. The minimum atomic E-state index is -0.360. The van der Waals surface area contributed by atoms with Gasteiger partial charge in [-0.05, 0) is 61.7 Å². The SMILES string of the molecule is O=c1c2ccccc2n(C2CCC2)c(=O)n1-c1ccc(C#Cc2ccccc2)cc1Cl. The minimum Gasteiger partial charge on any atom is -0.290 e. The van der Waals surface area contributed by atoms with Crippen LogP contribution in [0.15, 0.2) is 82.4 Å². The number of hydrogen-bond donors (Lipinski definition) is 0. The molecule has 0 atom stereocenters. The lowest BCUT2D eigenvalue weighted by atomic mass is 9.92. The average molecular weight is 427 g/mol. The van der Waals surface area contributed by atoms with Crippen LogP contribution in [-0.2, 0) is 0 Å². The van der Waals surface area contributed by atoms with Gasteiger partial charge in [0.1, 0.15) is 0 Å². The maximum atomic E-state index is 13.4. The van der Waals surface area contributed by atoms with E-state index in [-0.39, 0.29) is 17.3 Å². The Hall–Kier alpha value is -3.55. The molecular formula is C26H19ClN2O2. The van der Waals surface area contributed by atoms with Crippen molar-refractivity contribution in [1.82, 2.24) is 9.13 Å². The summed E-state index contributed by atoms with van der Waals surface area (Å²) in [6, 6.07) is 22.2. The third kappa shape index (κ3) is 3.48. The van der Waals surface area contributed by atoms with E-state index in [1.165, 1.54) is 4.57 Å². The van der Waals surface area contributed by atoms with Gasteiger partial charge in [-0.1, -0.05) is 53.8 Å². The Labute approximate surface area is 184 Å². The second kappa shape index (κ2) is 7.94. The number of aromatic nitrogens is 2. The van der Waals surface area contributed by atoms with E-state index in [0.717, 1.165) is 24.8 Å². The van der Waals surface area contributed by atoms with Crippen molar-refractivity contribution >= 4 is 22.5 Å². The predicted molar refractivity (Wildman–Crippen MR) is 124 cm³/mol. The molecule has 0 bridgehead atoms. The highest BCUT2D eigenvalue weighted by molar-refractivity contribution is 6.32. The van der Waals surface area contributed by atoms with Crippen LogP contribution in [0.1, 0.15) is 36.4 Å². The highest BCUT2D eigenvalue weighted by Gasteiger charge is 2.25. The second-order valence-electron chi connectivity index (χ2n) is 7.68. The fourth-order valence-corrected chi connectivity index (χ4v) is 4.19. The van der Waals surface area contributed by atoms with E-state index in [1.54, 1.807) is 28.8 Å². The summed E-state index contributed by atoms with van der Waals surface area (Å²) >= 11 is 6.54. The zero-order valence-corrected chi connectivity index (χ0v) is 17.5. The van der Waals surface area contributed by atoms with Gasteiger partial charge in [-0.3, -0.25) is 9.36 Å². The van der Waals surface area contributed by atoms with E-state index in [4.69, 9.17) is 11.6 Å². The van der Waals surface area contributed by atoms with E-state index in [9.17, 15) is 9.59 Å². The van der Waals surface area contributed by atoms with Crippen molar-refractivity contribution in [2.24, 2.45) is 0 Å². The summed E-state index contributed by atoms with van der Waals surface area (Å²) in [5.74, 6) is 6.17. The molecule has 5 heteroatoms. The molecule has 1 aliphatic carbocycles. The predicted octanol–water partition coefficient (Wildman–Crippen LogP) is 4.93. The van der Waals surface area contributed by atoms with Gasteiger partial charge in [-0.25, -0.2) is 9.36 Å². The summed E-state index contributed by atoms with van der Waals surface area (Å²) in [6.45, 7) is 0. The Kier molecular flexibility index (Phi) is 4.97. The van der Waals surface area contributed by atoms with Crippen molar-refractivity contribution < 1.29 is 0 Å². The Bertz CT molecular complexity index is 1470. The van der Waals surface area contributed by atoms with Gasteiger partial charge in [-0.15, -0.1) is 0 Å². The summed E-state index contributed by atoms with van der Waals surface area (Å²) in [4.78, 5) is 26.7. The third-order valence-electron chi connectivity index (χ3n) is 5.75. The smallest absolute Gasteiger partial charge is 0.290 e. The molecule has 0 amide bonds. The first-order valence-electron chi connectivity index (χ1n) is 10.3. The zero-order valence-electron chi connectivity index (χ0n) is 16.7. The van der Waals surface area contributed by atoms with Gasteiger partial charge in [0.15, 0.2) is 0 Å². The zero-order chi connectivity index (χ0) is 21.4. The monoisotopic (exact) mass is 426 g/mol. The molecule has 5 rings (SSSR count). The van der Waals surface area contributed by atoms with E-state index >= 15 is 0 Å². The standard InChI is InChI=1S/C26H19ClN2O2/c27-22-17-19(14-13-18-7-2-1-3-8-18)15-16-24(22)29-25(30)21-11-4-5-12-23(21)28(26(29)31)20-9-6-10-20/h1-5,7-8,11-12,15-17,20H,6,9-10H2. The molecule has 0 unspecified atom stereocenters. The number of benzene rings is 3. The topological polar surface area (TPSA) is 44.0 Å². The first-order chi connectivity index (χ1) is 15.1. The normalized spacial score (nSPS) is 13.5. The van der Waals surface area contributed by atoms with Crippen LogP contribution in [0.4, 0.5) is 0 Å². The Morgan fingerprint density at radius 2 is 1.55 bits per heavy atom. The molecule has 3 aromatic carbocycles. The molecule has 0 radical (unpaired) electrons. The molecule has 31 heavy (non-hydrogen) atoms. The van der Waals surface area contributed by atoms with Crippen LogP contribution in [0.2, 0.25) is 5.02 Å². The first kappa shape index (κ1) is 19.4. The number of rotatable bonds is 2. The van der Waals surface area contributed by atoms with Crippen LogP contribution in [0.3, 0.4) is 0 Å². The molecule has 0 spiro atoms. The number of hydrogen-bond acceptors (Lipinski definition) is 2. The molecule has 4 aromatic rings. The molecule has 152 valence electrons. The number of nitrogens with zero attached hydrogens (tertiary/aromatic N) is 2. The molecule has 1 saturated carbocycles. The molecule has 1 aromatic heterocycles. The maximum absolute atomic E-state index is 13.4. The number of para-hydroxylation sites is 1. The van der Waals surface area contributed by atoms with Crippen LogP contribution in [0.25, 0.3) is 16.6 Å². The fraction of sp³-hybridized carbons (Fsp3) is 0.154. The first-order valence-corrected chi connectivity index (χ1v) is 10.6. The van der Waals surface area contributed by atoms with Crippen molar-refractivity contribution in [3.63, 3.8) is 0 Å². The van der Waals surface area contributed by atoms with E-state index < -0.39 is 0 Å². The van der Waals surface area contributed by atoms with Gasteiger partial charge in [0.2, 0.25) is 0 Å². The van der Waals surface area contributed by atoms with Gasteiger partial charge in [0.25, 0.3) is 5.56 Å². The summed E-state index contributed by atoms with van der Waals surface area (Å²) in [5, 5.41) is 0.826. The highest BCUT2D eigenvalue weighted by atomic mass is 35.5. The van der Waals surface area contributed by atoms with Crippen molar-refractivity contribution in [1.29, 1.82) is 0 Å². The molecule has 1 heterocycles. The summed E-state index contributed by atoms with van der Waals surface area (Å²) in [6.07, 6.45) is 2.95. The van der Waals surface area contributed by atoms with Crippen molar-refractivity contribution in [2.75, 3.05) is 0 Å². The van der Waals surface area contributed by atoms with E-state index in [0.29, 0.717) is 27.2 Å². The van der Waals surface area contributed by atoms with Gasteiger partial charge < -0.3 is 0 Å². The molecule has 4 nitrogen and oxygen atoms in total. The molecule has 1 fully saturated rings. The minimum absolute atomic E-state index is 0.110. The molecule has 0 saturated heterocycles. The lowest BCUT2D eigenvalue weighted by molar-refractivity contribution is 0.309. The van der Waals surface area contributed by atoms with E-state index in [2.05, 4.69) is 11.8 Å². The summed E-state index contributed by atoms with van der Waals surface area (Å²) in [5.41, 5.74) is 1.96. The maximum Gasteiger partial charge on any atom is 0.336 e. The second-order valence-corrected chi connectivity index (χ2v) is 8.08. The van der Waals surface area contributed by atoms with Gasteiger partial charge in [-0.2, -0.15) is 0 Å². The Morgan fingerprint density at radius 1 is 0.839 bits per heavy atom. The van der Waals surface area contributed by atoms with Gasteiger partial charge in [0, 0.05) is 17.2 Å². The summed E-state index contributed by atoms with van der Waals surface area (Å²) < 4.78 is 2.94. The molecular weight excluding hydrogens is 408 g/mol. The molecule has 1 aliphatic rings. The molecule has 0 N–H and O–H groups in total. The van der Waals surface area contributed by atoms with Crippen LogP contribution in [-0.4, -0.2) is 9.13 Å². The fourth-order valence-electron chi connectivity index (χ4n) is 3.92. The third-order valence-corrected chi connectivity index (χ3v) is 6.05. The number of halogens is 1. The van der Waals surface area contributed by atoms with Crippen molar-refractivity contribution in [3.05, 3.63) is 110 Å². The van der Waals surface area contributed by atoms with Crippen molar-refractivity contribution in [2.45, 2.75) is 25.3 Å². The largest absolute Gasteiger partial charge is 0.336 e. The lowest BCUT2D eigenvalue weighted by Crippen LogP contribution is -2.42. The number of fused-ring (bicyclic) bond motifs is 1. The van der Waals surface area contributed by atoms with Crippen molar-refractivity contribution in [3.8, 4) is 17.5 Å². The Morgan fingerprint density at radius 3 is 2.26 bits per heavy atom. The average Bonchev–Trinajstić information content (AvgIpc) is 2.76. The quantitative estimate of drug-likeness (QED) is 0.426. The van der Waals surface area contributed by atoms with Crippen LogP contribution >= 0.6 is 11.6 Å². The Balaban J connectivity index is 1.66. The van der Waals surface area contributed by atoms with Gasteiger partial charge >= 0.3 is 5.69 Å². The van der Waals surface area contributed by atoms with Crippen LogP contribution in [0, 0.1) is 11.8 Å². The molecule has 0 aliphatic heterocycles. The van der Waals surface area contributed by atoms with E-state index in [1.807, 2.05) is 48.5 Å². The van der Waals surface area contributed by atoms with Crippen LogP contribution in [0.5, 0.6) is 0 Å². The van der Waals surface area contributed by atoms with Crippen LogP contribution < -0.4 is 11.2 Å².